The minimum Gasteiger partial charge on any atom is -0.206 e. The quantitative estimate of drug-likeness (QED) is 0.358. The second kappa shape index (κ2) is 9.71. The highest BCUT2D eigenvalue weighted by Gasteiger charge is 2.44. The second-order valence-corrected chi connectivity index (χ2v) is 8.53. The molecule has 0 heterocycles. The van der Waals surface area contributed by atoms with Crippen LogP contribution in [0.15, 0.2) is 71.8 Å². The topological polar surface area (TPSA) is 143 Å². The van der Waals surface area contributed by atoms with E-state index in [-0.39, 0.29) is 33.4 Å². The Hall–Kier alpha value is -6.58. The van der Waals surface area contributed by atoms with Crippen molar-refractivity contribution in [3.8, 4) is 36.4 Å². The Labute approximate surface area is 227 Å². The van der Waals surface area contributed by atoms with Gasteiger partial charge in [0.05, 0.1) is 11.1 Å². The molecule has 8 heteroatoms. The Morgan fingerprint density at radius 2 is 0.800 bits per heavy atom. The third-order valence-electron chi connectivity index (χ3n) is 6.67. The standard InChI is InChI=1S/C32H10F2N6/c33-31-27-21(15-39)23(17-7-3-1-4-8-17)25(19(11-35)12-36)29(27)32(34)30-26(20(13-37)14-38)24(22(16-40)28(30)31)18-9-5-2-6-10-18/h1-10H. The normalized spacial score (nSPS) is 12.8. The maximum Gasteiger partial charge on any atom is 0.141 e. The summed E-state index contributed by atoms with van der Waals surface area (Å²) in [7, 11) is 0. The van der Waals surface area contributed by atoms with Gasteiger partial charge in [-0.1, -0.05) is 60.7 Å². The van der Waals surface area contributed by atoms with Gasteiger partial charge in [0.1, 0.15) is 59.2 Å². The fourth-order valence-corrected chi connectivity index (χ4v) is 5.16. The minimum atomic E-state index is -1.17. The molecule has 0 aromatic heterocycles. The van der Waals surface area contributed by atoms with Crippen LogP contribution in [0.1, 0.15) is 33.4 Å². The molecule has 0 radical (unpaired) electrons. The van der Waals surface area contributed by atoms with Gasteiger partial charge >= 0.3 is 0 Å². The van der Waals surface area contributed by atoms with Gasteiger partial charge in [-0.05, 0) is 11.1 Å². The van der Waals surface area contributed by atoms with Crippen molar-refractivity contribution in [1.82, 2.24) is 0 Å². The molecule has 0 fully saturated rings. The number of nitrogens with zero attached hydrogens (tertiary/aromatic N) is 6. The second-order valence-electron chi connectivity index (χ2n) is 8.53. The van der Waals surface area contributed by atoms with Crippen LogP contribution in [-0.4, -0.2) is 0 Å². The summed E-state index contributed by atoms with van der Waals surface area (Å²) in [6.45, 7) is 0. The number of halogens is 2. The first-order valence-electron chi connectivity index (χ1n) is 11.5. The van der Waals surface area contributed by atoms with Crippen LogP contribution >= 0.6 is 0 Å². The van der Waals surface area contributed by atoms with Crippen LogP contribution in [-0.2, 0) is 0 Å². The Bertz CT molecular complexity index is 1880. The Morgan fingerprint density at radius 1 is 0.475 bits per heavy atom. The van der Waals surface area contributed by atoms with Crippen molar-refractivity contribution in [2.24, 2.45) is 0 Å². The number of benzene rings is 3. The van der Waals surface area contributed by atoms with Crippen LogP contribution in [0, 0.1) is 79.6 Å². The summed E-state index contributed by atoms with van der Waals surface area (Å²) in [5, 5.41) is 59.4. The lowest BCUT2D eigenvalue weighted by atomic mass is 9.88. The van der Waals surface area contributed by atoms with Crippen LogP contribution in [0.5, 0.6) is 0 Å². The van der Waals surface area contributed by atoms with Crippen molar-refractivity contribution in [3.63, 3.8) is 0 Å². The molecule has 5 rings (SSSR count). The van der Waals surface area contributed by atoms with E-state index in [1.165, 1.54) is 0 Å². The van der Waals surface area contributed by atoms with Crippen LogP contribution < -0.4 is 0 Å². The zero-order chi connectivity index (χ0) is 28.6. The predicted octanol–water partition coefficient (Wildman–Crippen LogP) is 6.46. The Balaban J connectivity index is 2.05. The lowest BCUT2D eigenvalue weighted by molar-refractivity contribution is 0.590. The fraction of sp³-hybridized carbons (Fsp3) is 0. The predicted molar refractivity (Wildman–Crippen MR) is 140 cm³/mol. The largest absolute Gasteiger partial charge is 0.206 e. The van der Waals surface area contributed by atoms with Crippen molar-refractivity contribution in [3.05, 3.63) is 117 Å². The van der Waals surface area contributed by atoms with Gasteiger partial charge in [-0.3, -0.25) is 0 Å². The van der Waals surface area contributed by atoms with E-state index in [4.69, 9.17) is 0 Å². The molecule has 0 atom stereocenters. The number of rotatable bonds is 2. The zero-order valence-electron chi connectivity index (χ0n) is 20.2. The molecule has 2 aliphatic carbocycles. The average Bonchev–Trinajstić information content (AvgIpc) is 3.53. The van der Waals surface area contributed by atoms with Gasteiger partial charge in [0.2, 0.25) is 0 Å². The maximum atomic E-state index is 16.9. The van der Waals surface area contributed by atoms with Crippen molar-refractivity contribution in [1.29, 1.82) is 31.6 Å². The molecule has 40 heavy (non-hydrogen) atoms. The summed E-state index contributed by atoms with van der Waals surface area (Å²) in [5.41, 5.74) is -3.79. The molecule has 0 saturated carbocycles. The lowest BCUT2D eigenvalue weighted by Gasteiger charge is -2.14. The van der Waals surface area contributed by atoms with Gasteiger partial charge in [0.15, 0.2) is 0 Å². The smallest absolute Gasteiger partial charge is 0.141 e. The summed E-state index contributed by atoms with van der Waals surface area (Å²) in [5.74, 6) is -2.31. The van der Waals surface area contributed by atoms with Crippen LogP contribution in [0.3, 0.4) is 0 Å². The van der Waals surface area contributed by atoms with Gasteiger partial charge in [-0.15, -0.1) is 0 Å². The summed E-state index contributed by atoms with van der Waals surface area (Å²) in [6, 6.07) is 26.8. The first-order chi connectivity index (χ1) is 19.5. The van der Waals surface area contributed by atoms with Crippen LogP contribution in [0.25, 0.3) is 33.4 Å². The zero-order valence-corrected chi connectivity index (χ0v) is 20.2. The van der Waals surface area contributed by atoms with Gasteiger partial charge in [0, 0.05) is 44.5 Å². The molecule has 6 nitrogen and oxygen atoms in total. The minimum absolute atomic E-state index is 0.0187. The van der Waals surface area contributed by atoms with E-state index in [9.17, 15) is 31.6 Å². The fourth-order valence-electron chi connectivity index (χ4n) is 5.16. The first kappa shape index (κ1) is 25.1. The number of fused-ring (bicyclic) bond motifs is 2. The van der Waals surface area contributed by atoms with E-state index < -0.39 is 45.0 Å². The van der Waals surface area contributed by atoms with E-state index >= 15 is 8.78 Å². The molecular formula is C32H10F2N6. The van der Waals surface area contributed by atoms with E-state index in [0.717, 1.165) is 0 Å². The van der Waals surface area contributed by atoms with Crippen molar-refractivity contribution in [2.75, 3.05) is 0 Å². The molecule has 182 valence electrons. The van der Waals surface area contributed by atoms with E-state index in [2.05, 4.69) is 0 Å². The highest BCUT2D eigenvalue weighted by Crippen LogP contribution is 2.56. The molecule has 0 N–H and O–H groups in total. The van der Waals surface area contributed by atoms with Crippen LogP contribution in [0.2, 0.25) is 0 Å². The molecule has 3 aromatic carbocycles. The molecule has 0 aliphatic heterocycles. The average molecular weight is 516 g/mol. The molecule has 0 saturated heterocycles. The van der Waals surface area contributed by atoms with E-state index in [1.54, 1.807) is 84.9 Å². The molecule has 0 bridgehead atoms. The third-order valence-corrected chi connectivity index (χ3v) is 6.67. The molecule has 0 spiro atoms. The summed E-state index contributed by atoms with van der Waals surface area (Å²) >= 11 is 0. The highest BCUT2D eigenvalue weighted by atomic mass is 19.1. The molecule has 3 aromatic rings. The van der Waals surface area contributed by atoms with Gasteiger partial charge in [-0.25, -0.2) is 8.78 Å². The number of hydrogen-bond acceptors (Lipinski definition) is 6. The first-order valence-corrected chi connectivity index (χ1v) is 11.5. The van der Waals surface area contributed by atoms with E-state index in [0.29, 0.717) is 11.1 Å². The SMILES string of the molecule is N#CC(C#N)=C1C(c2ccccc2)=C(C#N)c2c(F)c3c(c(F)c21)C(=C(C#N)C#N)C(c1ccccc1)=C3C#N. The van der Waals surface area contributed by atoms with E-state index in [1.807, 2.05) is 12.1 Å². The summed E-state index contributed by atoms with van der Waals surface area (Å²) in [4.78, 5) is 0. The van der Waals surface area contributed by atoms with Crippen molar-refractivity contribution >= 4 is 33.4 Å². The third kappa shape index (κ3) is 3.33. The van der Waals surface area contributed by atoms with Crippen molar-refractivity contribution < 1.29 is 8.78 Å². The van der Waals surface area contributed by atoms with Crippen molar-refractivity contribution in [2.45, 2.75) is 0 Å². The summed E-state index contributed by atoms with van der Waals surface area (Å²) < 4.78 is 33.6. The molecular weight excluding hydrogens is 506 g/mol. The number of hydrogen-bond donors (Lipinski definition) is 0. The van der Waals surface area contributed by atoms with Gasteiger partial charge in [-0.2, -0.15) is 31.6 Å². The van der Waals surface area contributed by atoms with Gasteiger partial charge < -0.3 is 0 Å². The summed E-state index contributed by atoms with van der Waals surface area (Å²) in [6.07, 6.45) is 0. The molecule has 2 aliphatic rings. The molecule has 0 unspecified atom stereocenters. The Morgan fingerprint density at radius 3 is 1.10 bits per heavy atom. The Kier molecular flexibility index (Phi) is 6.09. The highest BCUT2D eigenvalue weighted by molar-refractivity contribution is 6.30. The molecule has 0 amide bonds. The van der Waals surface area contributed by atoms with Crippen LogP contribution in [0.4, 0.5) is 8.78 Å². The van der Waals surface area contributed by atoms with Gasteiger partial charge in [0.25, 0.3) is 0 Å². The number of nitriles is 6. The lowest BCUT2D eigenvalue weighted by Crippen LogP contribution is -2.05. The maximum absolute atomic E-state index is 16.9. The monoisotopic (exact) mass is 516 g/mol. The number of allylic oxidation sites excluding steroid dienone is 8.